The van der Waals surface area contributed by atoms with E-state index in [0.717, 1.165) is 18.8 Å². The van der Waals surface area contributed by atoms with E-state index in [-0.39, 0.29) is 0 Å². The van der Waals surface area contributed by atoms with Crippen LogP contribution in [0.3, 0.4) is 0 Å². The minimum Gasteiger partial charge on any atom is -0.306 e. The van der Waals surface area contributed by atoms with Crippen LogP contribution >= 0.6 is 22.7 Å². The molecule has 0 amide bonds. The van der Waals surface area contributed by atoms with Crippen molar-refractivity contribution in [3.05, 3.63) is 58.1 Å². The van der Waals surface area contributed by atoms with Gasteiger partial charge < -0.3 is 5.32 Å². The molecular formula is C14H13N3S2. The van der Waals surface area contributed by atoms with Gasteiger partial charge in [0.2, 0.25) is 0 Å². The molecule has 3 aromatic rings. The molecule has 3 heterocycles. The Balaban J connectivity index is 1.56. The highest BCUT2D eigenvalue weighted by molar-refractivity contribution is 7.14. The summed E-state index contributed by atoms with van der Waals surface area (Å²) in [6.07, 6.45) is 3.35. The Morgan fingerprint density at radius 1 is 1.16 bits per heavy atom. The molecule has 0 radical (unpaired) electrons. The second-order valence-corrected chi connectivity index (χ2v) is 6.03. The largest absolute Gasteiger partial charge is 0.306 e. The van der Waals surface area contributed by atoms with Crippen molar-refractivity contribution in [2.45, 2.75) is 13.1 Å². The molecule has 0 spiro atoms. The Morgan fingerprint density at radius 2 is 2.16 bits per heavy atom. The smallest absolute Gasteiger partial charge is 0.115 e. The summed E-state index contributed by atoms with van der Waals surface area (Å²) in [6.45, 7) is 1.65. The summed E-state index contributed by atoms with van der Waals surface area (Å²) in [5.41, 5.74) is 2.34. The second-order valence-electron chi connectivity index (χ2n) is 4.08. The van der Waals surface area contributed by atoms with E-state index in [0.29, 0.717) is 0 Å². The van der Waals surface area contributed by atoms with E-state index in [2.05, 4.69) is 44.2 Å². The molecule has 0 saturated heterocycles. The minimum atomic E-state index is 0.773. The molecule has 5 heteroatoms. The fourth-order valence-corrected chi connectivity index (χ4v) is 3.42. The van der Waals surface area contributed by atoms with Crippen LogP contribution < -0.4 is 5.32 Å². The highest BCUT2D eigenvalue weighted by Gasteiger charge is 2.03. The summed E-state index contributed by atoms with van der Waals surface area (Å²) in [6, 6.07) is 8.43. The van der Waals surface area contributed by atoms with E-state index >= 15 is 0 Å². The zero-order valence-corrected chi connectivity index (χ0v) is 11.9. The third kappa shape index (κ3) is 3.26. The molecule has 96 valence electrons. The van der Waals surface area contributed by atoms with Gasteiger partial charge in [0.15, 0.2) is 0 Å². The van der Waals surface area contributed by atoms with Crippen LogP contribution in [0.5, 0.6) is 0 Å². The lowest BCUT2D eigenvalue weighted by Gasteiger charge is -2.01. The molecule has 0 fully saturated rings. The van der Waals surface area contributed by atoms with Gasteiger partial charge in [-0.1, -0.05) is 6.07 Å². The molecule has 0 aliphatic carbocycles. The maximum Gasteiger partial charge on any atom is 0.115 e. The Kier molecular flexibility index (Phi) is 3.98. The third-order valence-electron chi connectivity index (χ3n) is 2.71. The van der Waals surface area contributed by atoms with Crippen LogP contribution in [0.15, 0.2) is 47.5 Å². The van der Waals surface area contributed by atoms with Crippen molar-refractivity contribution in [3.63, 3.8) is 0 Å². The standard InChI is InChI=1S/C14H13N3S2/c1-2-14(18-5-1)11-6-13(19-9-11)8-16-7-12-3-4-15-10-17-12/h1-6,9-10,16H,7-8H2. The van der Waals surface area contributed by atoms with E-state index in [4.69, 9.17) is 0 Å². The molecule has 3 nitrogen and oxygen atoms in total. The molecular weight excluding hydrogens is 274 g/mol. The lowest BCUT2D eigenvalue weighted by molar-refractivity contribution is 0.684. The first-order chi connectivity index (χ1) is 9.42. The van der Waals surface area contributed by atoms with Crippen LogP contribution in [0, 0.1) is 0 Å². The molecule has 0 aliphatic rings. The van der Waals surface area contributed by atoms with Crippen molar-refractivity contribution in [1.82, 2.24) is 15.3 Å². The number of nitrogens with one attached hydrogen (secondary N) is 1. The van der Waals surface area contributed by atoms with Gasteiger partial charge in [-0.15, -0.1) is 22.7 Å². The van der Waals surface area contributed by atoms with Gasteiger partial charge in [0, 0.05) is 34.6 Å². The lowest BCUT2D eigenvalue weighted by Crippen LogP contribution is -2.12. The Morgan fingerprint density at radius 3 is 2.95 bits per heavy atom. The molecule has 0 bridgehead atoms. The summed E-state index contributed by atoms with van der Waals surface area (Å²) >= 11 is 3.57. The molecule has 0 aliphatic heterocycles. The molecule has 3 aromatic heterocycles. The highest BCUT2D eigenvalue weighted by atomic mass is 32.1. The van der Waals surface area contributed by atoms with Crippen molar-refractivity contribution < 1.29 is 0 Å². The van der Waals surface area contributed by atoms with E-state index in [1.165, 1.54) is 15.3 Å². The van der Waals surface area contributed by atoms with E-state index in [1.54, 1.807) is 35.2 Å². The molecule has 19 heavy (non-hydrogen) atoms. The van der Waals surface area contributed by atoms with E-state index in [1.807, 2.05) is 6.07 Å². The predicted octanol–water partition coefficient (Wildman–Crippen LogP) is 3.56. The van der Waals surface area contributed by atoms with Gasteiger partial charge in [-0.05, 0) is 29.0 Å². The predicted molar refractivity (Wildman–Crippen MR) is 80.2 cm³/mol. The van der Waals surface area contributed by atoms with Crippen molar-refractivity contribution in [3.8, 4) is 10.4 Å². The van der Waals surface area contributed by atoms with E-state index in [9.17, 15) is 0 Å². The first kappa shape index (κ1) is 12.5. The van der Waals surface area contributed by atoms with Gasteiger partial charge in [-0.2, -0.15) is 0 Å². The van der Waals surface area contributed by atoms with Crippen LogP contribution in [-0.2, 0) is 13.1 Å². The first-order valence-electron chi connectivity index (χ1n) is 5.99. The topological polar surface area (TPSA) is 37.8 Å². The highest BCUT2D eigenvalue weighted by Crippen LogP contribution is 2.29. The van der Waals surface area contributed by atoms with Gasteiger partial charge in [-0.3, -0.25) is 0 Å². The molecule has 0 atom stereocenters. The molecule has 0 unspecified atom stereocenters. The zero-order chi connectivity index (χ0) is 12.9. The van der Waals surface area contributed by atoms with Crippen molar-refractivity contribution in [2.24, 2.45) is 0 Å². The summed E-state index contributed by atoms with van der Waals surface area (Å²) < 4.78 is 0. The average Bonchev–Trinajstić information content (AvgIpc) is 3.10. The fourth-order valence-electron chi connectivity index (χ4n) is 1.78. The van der Waals surface area contributed by atoms with Crippen molar-refractivity contribution in [2.75, 3.05) is 0 Å². The summed E-state index contributed by atoms with van der Waals surface area (Å²) in [4.78, 5) is 10.8. The van der Waals surface area contributed by atoms with Crippen LogP contribution in [0.1, 0.15) is 10.6 Å². The zero-order valence-electron chi connectivity index (χ0n) is 10.2. The fraction of sp³-hybridized carbons (Fsp3) is 0.143. The Hall–Kier alpha value is -1.56. The number of nitrogens with zero attached hydrogens (tertiary/aromatic N) is 2. The summed E-state index contributed by atoms with van der Waals surface area (Å²) in [7, 11) is 0. The van der Waals surface area contributed by atoms with Gasteiger partial charge in [0.25, 0.3) is 0 Å². The van der Waals surface area contributed by atoms with E-state index < -0.39 is 0 Å². The SMILES string of the molecule is c1csc(-c2csc(CNCc3ccncn3)c2)c1. The van der Waals surface area contributed by atoms with Gasteiger partial charge >= 0.3 is 0 Å². The first-order valence-corrected chi connectivity index (χ1v) is 7.74. The van der Waals surface area contributed by atoms with Crippen LogP contribution in [0.4, 0.5) is 0 Å². The number of rotatable bonds is 5. The summed E-state index contributed by atoms with van der Waals surface area (Å²) in [5.74, 6) is 0. The number of hydrogen-bond acceptors (Lipinski definition) is 5. The van der Waals surface area contributed by atoms with Crippen LogP contribution in [0.25, 0.3) is 10.4 Å². The summed E-state index contributed by atoms with van der Waals surface area (Å²) in [5, 5.41) is 7.73. The Bertz CT molecular complexity index is 617. The number of thiophene rings is 2. The monoisotopic (exact) mass is 287 g/mol. The third-order valence-corrected chi connectivity index (χ3v) is 4.56. The second kappa shape index (κ2) is 6.06. The van der Waals surface area contributed by atoms with Crippen LogP contribution in [-0.4, -0.2) is 9.97 Å². The maximum absolute atomic E-state index is 4.19. The maximum atomic E-state index is 4.19. The van der Waals surface area contributed by atoms with Crippen molar-refractivity contribution >= 4 is 22.7 Å². The van der Waals surface area contributed by atoms with Gasteiger partial charge in [0.1, 0.15) is 6.33 Å². The lowest BCUT2D eigenvalue weighted by atomic mass is 10.2. The number of hydrogen-bond donors (Lipinski definition) is 1. The van der Waals surface area contributed by atoms with Gasteiger partial charge in [0.05, 0.1) is 5.69 Å². The molecule has 1 N–H and O–H groups in total. The average molecular weight is 287 g/mol. The molecule has 0 aromatic carbocycles. The van der Waals surface area contributed by atoms with Crippen LogP contribution in [0.2, 0.25) is 0 Å². The molecule has 3 rings (SSSR count). The normalized spacial score (nSPS) is 10.7. The Labute approximate surface area is 120 Å². The van der Waals surface area contributed by atoms with Crippen molar-refractivity contribution in [1.29, 1.82) is 0 Å². The quantitative estimate of drug-likeness (QED) is 0.779. The number of aromatic nitrogens is 2. The molecule has 0 saturated carbocycles. The van der Waals surface area contributed by atoms with Gasteiger partial charge in [-0.25, -0.2) is 9.97 Å². The minimum absolute atomic E-state index is 0.773.